The normalized spacial score (nSPS) is 14.7. The maximum Gasteiger partial charge on any atom is 0.255 e. The monoisotopic (exact) mass is 382 g/mol. The highest BCUT2D eigenvalue weighted by Crippen LogP contribution is 2.36. The fourth-order valence-corrected chi connectivity index (χ4v) is 3.23. The number of pyridine rings is 1. The van der Waals surface area contributed by atoms with Crippen LogP contribution in [0.3, 0.4) is 0 Å². The Morgan fingerprint density at radius 2 is 2.18 bits per heavy atom. The van der Waals surface area contributed by atoms with E-state index in [-0.39, 0.29) is 19.1 Å². The van der Waals surface area contributed by atoms with Crippen molar-refractivity contribution in [1.82, 2.24) is 10.3 Å². The van der Waals surface area contributed by atoms with E-state index in [0.717, 1.165) is 18.4 Å². The summed E-state index contributed by atoms with van der Waals surface area (Å²) in [7, 11) is 1.57. The summed E-state index contributed by atoms with van der Waals surface area (Å²) in [6.45, 7) is 1.98. The van der Waals surface area contributed by atoms with E-state index in [1.54, 1.807) is 38.4 Å². The van der Waals surface area contributed by atoms with Crippen LogP contribution in [-0.4, -0.2) is 35.3 Å². The van der Waals surface area contributed by atoms with Crippen molar-refractivity contribution in [3.8, 4) is 11.6 Å². The van der Waals surface area contributed by atoms with E-state index < -0.39 is 5.54 Å². The minimum atomic E-state index is -0.488. The number of carbonyl (C=O) groups is 1. The molecule has 3 aromatic rings. The van der Waals surface area contributed by atoms with Gasteiger partial charge in [0.15, 0.2) is 0 Å². The second-order valence-electron chi connectivity index (χ2n) is 7.04. The molecule has 4 rings (SSSR count). The molecule has 2 aromatic heterocycles. The summed E-state index contributed by atoms with van der Waals surface area (Å²) in [5, 5.41) is 13.1. The maximum absolute atomic E-state index is 12.8. The zero-order valence-corrected chi connectivity index (χ0v) is 15.8. The predicted molar refractivity (Wildman–Crippen MR) is 103 cm³/mol. The first-order chi connectivity index (χ1) is 13.5. The summed E-state index contributed by atoms with van der Waals surface area (Å²) < 4.78 is 16.9. The minimum absolute atomic E-state index is 0.0606. The quantitative estimate of drug-likeness (QED) is 0.652. The fraction of sp³-hybridized carbons (Fsp3) is 0.333. The van der Waals surface area contributed by atoms with Crippen LogP contribution in [0, 0.1) is 6.92 Å². The molecule has 1 fully saturated rings. The minimum Gasteiger partial charge on any atom is -0.489 e. The molecule has 2 N–H and O–H groups in total. The zero-order chi connectivity index (χ0) is 19.7. The molecule has 28 heavy (non-hydrogen) atoms. The lowest BCUT2D eigenvalue weighted by atomic mass is 10.1. The van der Waals surface area contributed by atoms with Gasteiger partial charge in [0.05, 0.1) is 30.4 Å². The number of aromatic nitrogens is 1. The molecule has 1 amide bonds. The van der Waals surface area contributed by atoms with E-state index in [1.807, 2.05) is 12.1 Å². The molecule has 7 heteroatoms. The average Bonchev–Trinajstić information content (AvgIpc) is 3.40. The van der Waals surface area contributed by atoms with Gasteiger partial charge in [-0.05, 0) is 50.1 Å². The molecule has 1 aliphatic carbocycles. The third-order valence-electron chi connectivity index (χ3n) is 5.04. The Morgan fingerprint density at radius 1 is 1.36 bits per heavy atom. The number of carbonyl (C=O) groups excluding carboxylic acids is 1. The molecule has 1 aliphatic rings. The summed E-state index contributed by atoms with van der Waals surface area (Å²) in [5.74, 6) is 1.42. The number of aryl methyl sites for hydroxylation is 1. The van der Waals surface area contributed by atoms with Crippen LogP contribution in [0.2, 0.25) is 0 Å². The lowest BCUT2D eigenvalue weighted by molar-refractivity contribution is 0.0906. The molecule has 2 heterocycles. The fourth-order valence-electron chi connectivity index (χ4n) is 3.23. The Balaban J connectivity index is 1.58. The third-order valence-corrected chi connectivity index (χ3v) is 5.04. The van der Waals surface area contributed by atoms with Crippen molar-refractivity contribution in [2.75, 3.05) is 13.7 Å². The van der Waals surface area contributed by atoms with Gasteiger partial charge in [-0.2, -0.15) is 0 Å². The van der Waals surface area contributed by atoms with E-state index in [2.05, 4.69) is 10.3 Å². The number of rotatable bonds is 7. The van der Waals surface area contributed by atoms with Crippen LogP contribution in [0.1, 0.15) is 34.5 Å². The maximum atomic E-state index is 12.8. The average molecular weight is 382 g/mol. The van der Waals surface area contributed by atoms with Crippen molar-refractivity contribution in [2.45, 2.75) is 31.9 Å². The number of methoxy groups -OCH3 is 1. The number of hydrogen-bond donors (Lipinski definition) is 2. The molecular formula is C21H22N2O5. The number of furan rings is 1. The van der Waals surface area contributed by atoms with Crippen LogP contribution in [0.25, 0.3) is 11.0 Å². The van der Waals surface area contributed by atoms with Crippen molar-refractivity contribution in [3.05, 3.63) is 53.4 Å². The SMILES string of the molecule is COc1ncccc1COc1ccc2oc(C)c(C(=O)NC3(CO)CC3)c2c1. The van der Waals surface area contributed by atoms with Crippen molar-refractivity contribution in [1.29, 1.82) is 0 Å². The van der Waals surface area contributed by atoms with Gasteiger partial charge in [-0.3, -0.25) is 4.79 Å². The second-order valence-corrected chi connectivity index (χ2v) is 7.04. The van der Waals surface area contributed by atoms with Crippen molar-refractivity contribution < 1.29 is 23.8 Å². The Bertz CT molecular complexity index is 1020. The number of ether oxygens (including phenoxy) is 2. The Morgan fingerprint density at radius 3 is 2.89 bits per heavy atom. The molecule has 0 bridgehead atoms. The molecule has 1 saturated carbocycles. The zero-order valence-electron chi connectivity index (χ0n) is 15.8. The first-order valence-corrected chi connectivity index (χ1v) is 9.12. The number of nitrogens with zero attached hydrogens (tertiary/aromatic N) is 1. The van der Waals surface area contributed by atoms with E-state index in [9.17, 15) is 9.90 Å². The Hall–Kier alpha value is -3.06. The van der Waals surface area contributed by atoms with E-state index >= 15 is 0 Å². The highest BCUT2D eigenvalue weighted by molar-refractivity contribution is 6.07. The van der Waals surface area contributed by atoms with E-state index in [0.29, 0.717) is 33.9 Å². The highest BCUT2D eigenvalue weighted by atomic mass is 16.5. The summed E-state index contributed by atoms with van der Waals surface area (Å²) in [4.78, 5) is 16.9. The van der Waals surface area contributed by atoms with Crippen molar-refractivity contribution in [2.24, 2.45) is 0 Å². The van der Waals surface area contributed by atoms with E-state index in [4.69, 9.17) is 13.9 Å². The van der Waals surface area contributed by atoms with Gasteiger partial charge < -0.3 is 24.3 Å². The molecular weight excluding hydrogens is 360 g/mol. The van der Waals surface area contributed by atoms with Crippen LogP contribution in [0.5, 0.6) is 11.6 Å². The topological polar surface area (TPSA) is 93.8 Å². The highest BCUT2D eigenvalue weighted by Gasteiger charge is 2.44. The molecule has 0 saturated heterocycles. The van der Waals surface area contributed by atoms with Gasteiger partial charge in [0, 0.05) is 11.6 Å². The lowest BCUT2D eigenvalue weighted by Crippen LogP contribution is -2.39. The van der Waals surface area contributed by atoms with Crippen LogP contribution in [-0.2, 0) is 6.61 Å². The van der Waals surface area contributed by atoms with Crippen LogP contribution in [0.4, 0.5) is 0 Å². The van der Waals surface area contributed by atoms with Crippen molar-refractivity contribution in [3.63, 3.8) is 0 Å². The molecule has 0 spiro atoms. The Labute approximate surface area is 162 Å². The van der Waals surface area contributed by atoms with Gasteiger partial charge in [0.1, 0.15) is 23.7 Å². The standard InChI is InChI=1S/C21H22N2O5/c1-13-18(19(25)23-21(12-24)7-8-21)16-10-15(5-6-17(16)28-13)27-11-14-4-3-9-22-20(14)26-2/h3-6,9-10,24H,7-8,11-12H2,1-2H3,(H,23,25). The van der Waals surface area contributed by atoms with Crippen LogP contribution in [0.15, 0.2) is 40.9 Å². The molecule has 146 valence electrons. The Kier molecular flexibility index (Phi) is 4.68. The number of nitrogens with one attached hydrogen (secondary N) is 1. The number of amides is 1. The summed E-state index contributed by atoms with van der Waals surface area (Å²) >= 11 is 0. The van der Waals surface area contributed by atoms with Gasteiger partial charge >= 0.3 is 0 Å². The molecule has 0 aliphatic heterocycles. The number of fused-ring (bicyclic) bond motifs is 1. The molecule has 0 radical (unpaired) electrons. The largest absolute Gasteiger partial charge is 0.489 e. The smallest absolute Gasteiger partial charge is 0.255 e. The number of hydrogen-bond acceptors (Lipinski definition) is 6. The van der Waals surface area contributed by atoms with Gasteiger partial charge in [0.25, 0.3) is 5.91 Å². The first-order valence-electron chi connectivity index (χ1n) is 9.12. The lowest BCUT2D eigenvalue weighted by Gasteiger charge is -2.14. The summed E-state index contributed by atoms with van der Waals surface area (Å²) in [5.41, 5.74) is 1.42. The molecule has 7 nitrogen and oxygen atoms in total. The molecule has 0 unspecified atom stereocenters. The summed E-state index contributed by atoms with van der Waals surface area (Å²) in [6, 6.07) is 9.08. The predicted octanol–water partition coefficient (Wildman–Crippen LogP) is 2.98. The first kappa shape index (κ1) is 18.3. The molecule has 0 atom stereocenters. The number of aliphatic hydroxyl groups excluding tert-OH is 1. The molecule has 1 aromatic carbocycles. The van der Waals surface area contributed by atoms with Crippen LogP contribution < -0.4 is 14.8 Å². The van der Waals surface area contributed by atoms with Crippen LogP contribution >= 0.6 is 0 Å². The van der Waals surface area contributed by atoms with Gasteiger partial charge in [0.2, 0.25) is 5.88 Å². The van der Waals surface area contributed by atoms with Gasteiger partial charge in [-0.1, -0.05) is 0 Å². The second kappa shape index (κ2) is 7.16. The van der Waals surface area contributed by atoms with Gasteiger partial charge in [-0.25, -0.2) is 4.98 Å². The summed E-state index contributed by atoms with van der Waals surface area (Å²) in [6.07, 6.45) is 3.23. The van der Waals surface area contributed by atoms with Crippen molar-refractivity contribution >= 4 is 16.9 Å². The number of aliphatic hydroxyl groups is 1. The third kappa shape index (κ3) is 3.41. The van der Waals surface area contributed by atoms with Gasteiger partial charge in [-0.15, -0.1) is 0 Å². The van der Waals surface area contributed by atoms with E-state index in [1.165, 1.54) is 0 Å². The number of benzene rings is 1.